The van der Waals surface area contributed by atoms with E-state index in [0.717, 1.165) is 21.3 Å². The number of halogens is 1. The van der Waals surface area contributed by atoms with Crippen LogP contribution in [0.5, 0.6) is 0 Å². The van der Waals surface area contributed by atoms with E-state index in [1.807, 2.05) is 36.7 Å². The van der Waals surface area contributed by atoms with Crippen LogP contribution in [0.1, 0.15) is 18.0 Å². The quantitative estimate of drug-likeness (QED) is 0.900. The average Bonchev–Trinajstić information content (AvgIpc) is 2.78. The van der Waals surface area contributed by atoms with E-state index < -0.39 is 0 Å². The van der Waals surface area contributed by atoms with Crippen LogP contribution in [-0.2, 0) is 0 Å². The molecule has 0 radical (unpaired) electrons. The van der Waals surface area contributed by atoms with Crippen molar-refractivity contribution in [2.24, 2.45) is 0 Å². The highest BCUT2D eigenvalue weighted by Gasteiger charge is 2.10. The van der Waals surface area contributed by atoms with Crippen LogP contribution in [0.25, 0.3) is 11.3 Å². The van der Waals surface area contributed by atoms with Crippen molar-refractivity contribution in [3.63, 3.8) is 0 Å². The van der Waals surface area contributed by atoms with Crippen molar-refractivity contribution in [2.45, 2.75) is 13.0 Å². The normalized spacial score (nSPS) is 12.7. The lowest BCUT2D eigenvalue weighted by atomic mass is 10.2. The molecule has 1 atom stereocenters. The molecule has 1 heterocycles. The van der Waals surface area contributed by atoms with Crippen molar-refractivity contribution in [1.82, 2.24) is 10.3 Å². The summed E-state index contributed by atoms with van der Waals surface area (Å²) in [6.07, 6.45) is 0. The van der Waals surface area contributed by atoms with Gasteiger partial charge in [0.25, 0.3) is 0 Å². The predicted octanol–water partition coefficient (Wildman–Crippen LogP) is 3.74. The van der Waals surface area contributed by atoms with Crippen LogP contribution in [-0.4, -0.2) is 12.0 Å². The minimum absolute atomic E-state index is 0.279. The second-order valence-electron chi connectivity index (χ2n) is 3.56. The van der Waals surface area contributed by atoms with Crippen LogP contribution >= 0.6 is 22.9 Å². The molecule has 84 valence electrons. The summed E-state index contributed by atoms with van der Waals surface area (Å²) in [5, 5.41) is 7.05. The molecular formula is C12H13ClN2S. The lowest BCUT2D eigenvalue weighted by molar-refractivity contribution is 0.648. The van der Waals surface area contributed by atoms with Gasteiger partial charge in [0, 0.05) is 16.0 Å². The SMILES string of the molecule is CNC(C)c1nc(-c2ccccc2Cl)cs1. The summed E-state index contributed by atoms with van der Waals surface area (Å²) in [5.74, 6) is 0. The number of hydrogen-bond donors (Lipinski definition) is 1. The van der Waals surface area contributed by atoms with Crippen molar-refractivity contribution in [3.8, 4) is 11.3 Å². The van der Waals surface area contributed by atoms with Gasteiger partial charge in [0.1, 0.15) is 5.01 Å². The molecule has 1 unspecified atom stereocenters. The van der Waals surface area contributed by atoms with Gasteiger partial charge in [0.2, 0.25) is 0 Å². The Kier molecular flexibility index (Phi) is 3.59. The Balaban J connectivity index is 2.35. The summed E-state index contributed by atoms with van der Waals surface area (Å²) in [4.78, 5) is 4.58. The molecular weight excluding hydrogens is 240 g/mol. The van der Waals surface area contributed by atoms with Gasteiger partial charge in [-0.1, -0.05) is 29.8 Å². The zero-order valence-corrected chi connectivity index (χ0v) is 10.8. The number of nitrogens with one attached hydrogen (secondary N) is 1. The van der Waals surface area contributed by atoms with Crippen LogP contribution in [0.4, 0.5) is 0 Å². The number of benzene rings is 1. The van der Waals surface area contributed by atoms with Crippen LogP contribution in [0, 0.1) is 0 Å². The van der Waals surface area contributed by atoms with E-state index in [-0.39, 0.29) is 6.04 Å². The summed E-state index contributed by atoms with van der Waals surface area (Å²) < 4.78 is 0. The second kappa shape index (κ2) is 4.95. The third kappa shape index (κ3) is 2.26. The molecule has 0 amide bonds. The topological polar surface area (TPSA) is 24.9 Å². The molecule has 0 saturated carbocycles. The molecule has 4 heteroatoms. The number of thiazole rings is 1. The predicted molar refractivity (Wildman–Crippen MR) is 70.0 cm³/mol. The van der Waals surface area contributed by atoms with E-state index in [1.165, 1.54) is 0 Å². The molecule has 1 aromatic carbocycles. The first kappa shape index (κ1) is 11.6. The van der Waals surface area contributed by atoms with Crippen LogP contribution < -0.4 is 5.32 Å². The van der Waals surface area contributed by atoms with Gasteiger partial charge in [-0.3, -0.25) is 0 Å². The maximum Gasteiger partial charge on any atom is 0.110 e. The van der Waals surface area contributed by atoms with Gasteiger partial charge in [-0.05, 0) is 20.0 Å². The summed E-state index contributed by atoms with van der Waals surface area (Å²) in [7, 11) is 1.93. The molecule has 0 aliphatic rings. The fourth-order valence-electron chi connectivity index (χ4n) is 1.40. The molecule has 0 bridgehead atoms. The van der Waals surface area contributed by atoms with E-state index >= 15 is 0 Å². The third-order valence-corrected chi connectivity index (χ3v) is 3.83. The zero-order valence-electron chi connectivity index (χ0n) is 9.20. The summed E-state index contributed by atoms with van der Waals surface area (Å²) in [6, 6.07) is 8.06. The van der Waals surface area contributed by atoms with Crippen molar-refractivity contribution in [2.75, 3.05) is 7.05 Å². The number of hydrogen-bond acceptors (Lipinski definition) is 3. The summed E-state index contributed by atoms with van der Waals surface area (Å²) in [6.45, 7) is 2.09. The average molecular weight is 253 g/mol. The van der Waals surface area contributed by atoms with E-state index in [2.05, 4.69) is 17.2 Å². The molecule has 0 fully saturated rings. The smallest absolute Gasteiger partial charge is 0.110 e. The van der Waals surface area contributed by atoms with Gasteiger partial charge in [-0.15, -0.1) is 11.3 Å². The Morgan fingerprint density at radius 3 is 2.81 bits per heavy atom. The lowest BCUT2D eigenvalue weighted by Gasteiger charge is -2.04. The second-order valence-corrected chi connectivity index (χ2v) is 4.86. The number of rotatable bonds is 3. The Morgan fingerprint density at radius 1 is 1.38 bits per heavy atom. The maximum atomic E-state index is 6.13. The molecule has 1 aromatic heterocycles. The van der Waals surface area contributed by atoms with Crippen molar-refractivity contribution in [3.05, 3.63) is 39.7 Å². The van der Waals surface area contributed by atoms with Crippen molar-refractivity contribution >= 4 is 22.9 Å². The largest absolute Gasteiger partial charge is 0.311 e. The molecule has 0 spiro atoms. The Bertz CT molecular complexity index is 481. The van der Waals surface area contributed by atoms with E-state index in [1.54, 1.807) is 11.3 Å². The van der Waals surface area contributed by atoms with E-state index in [4.69, 9.17) is 11.6 Å². The molecule has 1 N–H and O–H groups in total. The van der Waals surface area contributed by atoms with Gasteiger partial charge < -0.3 is 5.32 Å². The van der Waals surface area contributed by atoms with Gasteiger partial charge in [0.05, 0.1) is 11.7 Å². The van der Waals surface area contributed by atoms with E-state index in [9.17, 15) is 0 Å². The summed E-state index contributed by atoms with van der Waals surface area (Å²) >= 11 is 7.78. The van der Waals surface area contributed by atoms with Crippen LogP contribution in [0.15, 0.2) is 29.6 Å². The third-order valence-electron chi connectivity index (χ3n) is 2.48. The van der Waals surface area contributed by atoms with E-state index in [0.29, 0.717) is 0 Å². The monoisotopic (exact) mass is 252 g/mol. The minimum Gasteiger partial charge on any atom is -0.311 e. The van der Waals surface area contributed by atoms with Gasteiger partial charge in [0.15, 0.2) is 0 Å². The maximum absolute atomic E-state index is 6.13. The Morgan fingerprint density at radius 2 is 2.12 bits per heavy atom. The highest BCUT2D eigenvalue weighted by molar-refractivity contribution is 7.10. The van der Waals surface area contributed by atoms with Crippen molar-refractivity contribution < 1.29 is 0 Å². The Hall–Kier alpha value is -0.900. The fourth-order valence-corrected chi connectivity index (χ4v) is 2.52. The zero-order chi connectivity index (χ0) is 11.5. The molecule has 0 saturated heterocycles. The Labute approximate surface area is 104 Å². The molecule has 2 nitrogen and oxygen atoms in total. The molecule has 16 heavy (non-hydrogen) atoms. The first-order valence-corrected chi connectivity index (χ1v) is 6.35. The van der Waals surface area contributed by atoms with Gasteiger partial charge in [-0.25, -0.2) is 4.98 Å². The first-order valence-electron chi connectivity index (χ1n) is 5.10. The number of nitrogens with zero attached hydrogens (tertiary/aromatic N) is 1. The minimum atomic E-state index is 0.279. The highest BCUT2D eigenvalue weighted by atomic mass is 35.5. The molecule has 2 aromatic rings. The highest BCUT2D eigenvalue weighted by Crippen LogP contribution is 2.30. The van der Waals surface area contributed by atoms with Gasteiger partial charge in [-0.2, -0.15) is 0 Å². The van der Waals surface area contributed by atoms with Gasteiger partial charge >= 0.3 is 0 Å². The van der Waals surface area contributed by atoms with Crippen LogP contribution in [0.3, 0.4) is 0 Å². The van der Waals surface area contributed by atoms with Crippen molar-refractivity contribution in [1.29, 1.82) is 0 Å². The fraction of sp³-hybridized carbons (Fsp3) is 0.250. The lowest BCUT2D eigenvalue weighted by Crippen LogP contribution is -2.11. The molecule has 2 rings (SSSR count). The molecule has 0 aliphatic heterocycles. The summed E-state index contributed by atoms with van der Waals surface area (Å²) in [5.41, 5.74) is 1.95. The standard InChI is InChI=1S/C12H13ClN2S/c1-8(14-2)12-15-11(7-16-12)9-5-3-4-6-10(9)13/h3-8,14H,1-2H3. The molecule has 0 aliphatic carbocycles. The van der Waals surface area contributed by atoms with Crippen LogP contribution in [0.2, 0.25) is 5.02 Å². The number of aromatic nitrogens is 1. The first-order chi connectivity index (χ1) is 7.72.